The van der Waals surface area contributed by atoms with Gasteiger partial charge in [0.15, 0.2) is 0 Å². The minimum absolute atomic E-state index is 0.604. The fourth-order valence-electron chi connectivity index (χ4n) is 2.65. The van der Waals surface area contributed by atoms with E-state index in [1.54, 1.807) is 13.3 Å². The van der Waals surface area contributed by atoms with Crippen molar-refractivity contribution in [3.05, 3.63) is 66.4 Å². The van der Waals surface area contributed by atoms with Crippen LogP contribution in [0, 0.1) is 0 Å². The topological polar surface area (TPSA) is 62.3 Å². The van der Waals surface area contributed by atoms with Crippen molar-refractivity contribution in [3.8, 4) is 5.75 Å². The number of hydrogen-bond donors (Lipinski definition) is 2. The molecule has 2 N–H and O–H groups in total. The lowest BCUT2D eigenvalue weighted by molar-refractivity contribution is 0.414. The van der Waals surface area contributed by atoms with E-state index < -0.39 is 0 Å². The maximum atomic E-state index is 5.26. The molecule has 0 fully saturated rings. The Morgan fingerprint density at radius 1 is 1.04 bits per heavy atom. The van der Waals surface area contributed by atoms with Crippen LogP contribution in [0.25, 0.3) is 0 Å². The Morgan fingerprint density at radius 2 is 1.85 bits per heavy atom. The van der Waals surface area contributed by atoms with E-state index in [2.05, 4.69) is 43.7 Å². The molecule has 0 aliphatic heterocycles. The van der Waals surface area contributed by atoms with Gasteiger partial charge >= 0.3 is 0 Å². The molecule has 2 aromatic carbocycles. The largest absolute Gasteiger partial charge is 0.497 e. The van der Waals surface area contributed by atoms with E-state index in [0.29, 0.717) is 5.95 Å². The number of nitrogens with zero attached hydrogens (tertiary/aromatic N) is 3. The Balaban J connectivity index is 1.56. The summed E-state index contributed by atoms with van der Waals surface area (Å²) in [5, 5.41) is 6.58. The van der Waals surface area contributed by atoms with E-state index in [9.17, 15) is 0 Å². The smallest absolute Gasteiger partial charge is 0.224 e. The predicted molar refractivity (Wildman–Crippen MR) is 111 cm³/mol. The van der Waals surface area contributed by atoms with Gasteiger partial charge in [0, 0.05) is 38.2 Å². The van der Waals surface area contributed by atoms with Crippen LogP contribution in [-0.2, 0) is 6.42 Å². The van der Waals surface area contributed by atoms with Crippen LogP contribution in [0.1, 0.15) is 5.56 Å². The molecule has 1 aromatic heterocycles. The van der Waals surface area contributed by atoms with E-state index in [1.807, 2.05) is 50.5 Å². The molecule has 0 saturated heterocycles. The Labute approximate surface area is 160 Å². The molecule has 140 valence electrons. The van der Waals surface area contributed by atoms with Gasteiger partial charge in [0.1, 0.15) is 11.6 Å². The summed E-state index contributed by atoms with van der Waals surface area (Å²) >= 11 is 0. The molecule has 27 heavy (non-hydrogen) atoms. The third-order valence-electron chi connectivity index (χ3n) is 4.14. The fraction of sp³-hybridized carbons (Fsp3) is 0.238. The van der Waals surface area contributed by atoms with Crippen molar-refractivity contribution in [2.75, 3.05) is 43.3 Å². The Kier molecular flexibility index (Phi) is 6.10. The molecule has 6 nitrogen and oxygen atoms in total. The van der Waals surface area contributed by atoms with Gasteiger partial charge in [-0.25, -0.2) is 4.98 Å². The quantitative estimate of drug-likeness (QED) is 0.632. The van der Waals surface area contributed by atoms with Crippen LogP contribution < -0.4 is 20.3 Å². The van der Waals surface area contributed by atoms with E-state index >= 15 is 0 Å². The van der Waals surface area contributed by atoms with Crippen LogP contribution >= 0.6 is 0 Å². The Morgan fingerprint density at radius 3 is 2.59 bits per heavy atom. The zero-order chi connectivity index (χ0) is 19.1. The summed E-state index contributed by atoms with van der Waals surface area (Å²) in [7, 11) is 5.73. The molecule has 0 amide bonds. The van der Waals surface area contributed by atoms with E-state index in [4.69, 9.17) is 4.74 Å². The maximum Gasteiger partial charge on any atom is 0.224 e. The molecule has 0 atom stereocenters. The van der Waals surface area contributed by atoms with Crippen LogP contribution in [0.5, 0.6) is 5.75 Å². The molecule has 0 aliphatic rings. The second-order valence-corrected chi connectivity index (χ2v) is 6.36. The van der Waals surface area contributed by atoms with Crippen molar-refractivity contribution in [3.63, 3.8) is 0 Å². The van der Waals surface area contributed by atoms with E-state index in [-0.39, 0.29) is 0 Å². The highest BCUT2D eigenvalue weighted by atomic mass is 16.5. The summed E-state index contributed by atoms with van der Waals surface area (Å²) in [4.78, 5) is 10.9. The van der Waals surface area contributed by atoms with Crippen molar-refractivity contribution in [2.45, 2.75) is 6.42 Å². The first-order valence-electron chi connectivity index (χ1n) is 8.88. The fourth-order valence-corrected chi connectivity index (χ4v) is 2.65. The summed E-state index contributed by atoms with van der Waals surface area (Å²) in [5.41, 5.74) is 3.35. The first-order chi connectivity index (χ1) is 13.1. The molecule has 0 aliphatic carbocycles. The van der Waals surface area contributed by atoms with Crippen LogP contribution in [0.4, 0.5) is 23.1 Å². The van der Waals surface area contributed by atoms with Gasteiger partial charge in [0.2, 0.25) is 5.95 Å². The number of anilines is 4. The predicted octanol–water partition coefficient (Wildman–Crippen LogP) is 3.95. The molecule has 0 saturated carbocycles. The van der Waals surface area contributed by atoms with Crippen LogP contribution in [0.3, 0.4) is 0 Å². The number of hydrogen-bond acceptors (Lipinski definition) is 6. The molecule has 1 heterocycles. The zero-order valence-corrected chi connectivity index (χ0v) is 15.9. The van der Waals surface area contributed by atoms with Crippen molar-refractivity contribution in [2.24, 2.45) is 0 Å². The van der Waals surface area contributed by atoms with Crippen molar-refractivity contribution in [1.29, 1.82) is 0 Å². The van der Waals surface area contributed by atoms with Gasteiger partial charge in [-0.3, -0.25) is 0 Å². The third-order valence-corrected chi connectivity index (χ3v) is 4.14. The normalized spacial score (nSPS) is 10.3. The molecular formula is C21H25N5O. The lowest BCUT2D eigenvalue weighted by Gasteiger charge is -2.13. The zero-order valence-electron chi connectivity index (χ0n) is 15.9. The van der Waals surface area contributed by atoms with E-state index in [1.165, 1.54) is 5.56 Å². The van der Waals surface area contributed by atoms with Gasteiger partial charge < -0.3 is 20.3 Å². The third kappa shape index (κ3) is 5.34. The number of rotatable bonds is 8. The molecule has 3 aromatic rings. The lowest BCUT2D eigenvalue weighted by Crippen LogP contribution is -2.09. The molecule has 0 unspecified atom stereocenters. The van der Waals surface area contributed by atoms with E-state index in [0.717, 1.165) is 35.9 Å². The summed E-state index contributed by atoms with van der Waals surface area (Å²) in [5.74, 6) is 2.23. The van der Waals surface area contributed by atoms with Gasteiger partial charge in [-0.1, -0.05) is 12.1 Å². The lowest BCUT2D eigenvalue weighted by atomic mass is 10.1. The second kappa shape index (κ2) is 8.89. The molecule has 0 bridgehead atoms. The van der Waals surface area contributed by atoms with Gasteiger partial charge in [-0.15, -0.1) is 0 Å². The highest BCUT2D eigenvalue weighted by molar-refractivity contribution is 5.60. The van der Waals surface area contributed by atoms with Gasteiger partial charge in [0.25, 0.3) is 0 Å². The maximum absolute atomic E-state index is 5.26. The standard InChI is InChI=1S/C21H25N5O/c1-26(2)18-9-7-17(8-10-18)24-20-12-14-23-21(25-20)22-13-11-16-5-4-6-19(15-16)27-3/h4-10,12,14-15H,11,13H2,1-3H3,(H2,22,23,24,25). The number of benzene rings is 2. The van der Waals surface area contributed by atoms with Crippen molar-refractivity contribution >= 4 is 23.1 Å². The van der Waals surface area contributed by atoms with Gasteiger partial charge in [-0.05, 0) is 54.4 Å². The Bertz CT molecular complexity index is 864. The Hall–Kier alpha value is -3.28. The highest BCUT2D eigenvalue weighted by Crippen LogP contribution is 2.19. The average molecular weight is 363 g/mol. The van der Waals surface area contributed by atoms with Gasteiger partial charge in [-0.2, -0.15) is 4.98 Å². The monoisotopic (exact) mass is 363 g/mol. The highest BCUT2D eigenvalue weighted by Gasteiger charge is 2.02. The molecule has 6 heteroatoms. The summed E-state index contributed by atoms with van der Waals surface area (Å²) in [6, 6.07) is 18.1. The molecule has 0 radical (unpaired) electrons. The first-order valence-corrected chi connectivity index (χ1v) is 8.88. The van der Waals surface area contributed by atoms with Crippen molar-refractivity contribution in [1.82, 2.24) is 9.97 Å². The molecule has 3 rings (SSSR count). The number of ether oxygens (including phenoxy) is 1. The van der Waals surface area contributed by atoms with Crippen molar-refractivity contribution < 1.29 is 4.74 Å². The van der Waals surface area contributed by atoms with Crippen LogP contribution in [-0.4, -0.2) is 37.7 Å². The number of nitrogens with one attached hydrogen (secondary N) is 2. The second-order valence-electron chi connectivity index (χ2n) is 6.36. The summed E-state index contributed by atoms with van der Waals surface area (Å²) in [6.07, 6.45) is 2.61. The number of methoxy groups -OCH3 is 1. The molecular weight excluding hydrogens is 338 g/mol. The average Bonchev–Trinajstić information content (AvgIpc) is 2.69. The van der Waals surface area contributed by atoms with Crippen LogP contribution in [0.15, 0.2) is 60.8 Å². The molecule has 0 spiro atoms. The van der Waals surface area contributed by atoms with Crippen LogP contribution in [0.2, 0.25) is 0 Å². The summed E-state index contributed by atoms with van der Waals surface area (Å²) in [6.45, 7) is 0.744. The summed E-state index contributed by atoms with van der Waals surface area (Å²) < 4.78 is 5.26. The number of aromatic nitrogens is 2. The first kappa shape index (κ1) is 18.5. The minimum Gasteiger partial charge on any atom is -0.497 e. The minimum atomic E-state index is 0.604. The SMILES string of the molecule is COc1cccc(CCNc2nccc(Nc3ccc(N(C)C)cc3)n2)c1. The van der Waals surface area contributed by atoms with Gasteiger partial charge in [0.05, 0.1) is 7.11 Å².